The number of fused-ring (bicyclic) bond motifs is 3. The Morgan fingerprint density at radius 2 is 1.43 bits per heavy atom. The van der Waals surface area contributed by atoms with Gasteiger partial charge in [-0.1, -0.05) is 36.4 Å². The van der Waals surface area contributed by atoms with Crippen molar-refractivity contribution in [3.63, 3.8) is 0 Å². The molecule has 4 aromatic rings. The van der Waals surface area contributed by atoms with Gasteiger partial charge in [-0.3, -0.25) is 24.6 Å². The second kappa shape index (κ2) is 14.4. The Balaban J connectivity index is 0.737. The number of anilines is 2. The van der Waals surface area contributed by atoms with Gasteiger partial charge in [0.15, 0.2) is 0 Å². The lowest BCUT2D eigenvalue weighted by Gasteiger charge is -2.40. The molecule has 10 rings (SSSR count). The molecule has 0 bridgehead atoms. The van der Waals surface area contributed by atoms with Gasteiger partial charge >= 0.3 is 0 Å². The van der Waals surface area contributed by atoms with E-state index in [2.05, 4.69) is 74.6 Å². The number of imide groups is 1. The number of carbonyl (C=O) groups is 3. The Hall–Kier alpha value is -5.19. The average molecular weight is 752 g/mol. The van der Waals surface area contributed by atoms with Crippen LogP contribution < -0.4 is 15.1 Å². The number of hydrogen-bond donors (Lipinski definition) is 2. The minimum absolute atomic E-state index is 0.0555. The molecule has 3 amide bonds. The van der Waals surface area contributed by atoms with Crippen LogP contribution in [0.15, 0.2) is 78.9 Å². The molecular weight excluding hydrogens is 703 g/mol. The largest absolute Gasteiger partial charge is 0.508 e. The first-order valence-corrected chi connectivity index (χ1v) is 20.5. The highest BCUT2D eigenvalue weighted by Gasteiger charge is 2.40. The molecule has 288 valence electrons. The van der Waals surface area contributed by atoms with Crippen molar-refractivity contribution >= 4 is 29.1 Å². The predicted octanol–water partition coefficient (Wildman–Crippen LogP) is 5.69. The normalized spacial score (nSPS) is 24.0. The van der Waals surface area contributed by atoms with Gasteiger partial charge < -0.3 is 24.5 Å². The summed E-state index contributed by atoms with van der Waals surface area (Å²) in [4.78, 5) is 46.5. The molecule has 0 spiro atoms. The number of phenolic OH excluding ortho intramolecular Hbond substituents is 1. The minimum atomic E-state index is -0.589. The highest BCUT2D eigenvalue weighted by molar-refractivity contribution is 6.05. The van der Waals surface area contributed by atoms with Crippen molar-refractivity contribution in [1.29, 1.82) is 0 Å². The number of piperazine rings is 1. The van der Waals surface area contributed by atoms with Crippen molar-refractivity contribution in [2.45, 2.75) is 69.7 Å². The summed E-state index contributed by atoms with van der Waals surface area (Å²) < 4.78 is 6.57. The molecule has 6 aliphatic rings. The van der Waals surface area contributed by atoms with Gasteiger partial charge in [0, 0.05) is 81.6 Å². The summed E-state index contributed by atoms with van der Waals surface area (Å²) in [5.74, 6) is 0.251. The van der Waals surface area contributed by atoms with Crippen LogP contribution in [0.25, 0.3) is 0 Å². The smallest absolute Gasteiger partial charge is 0.255 e. The van der Waals surface area contributed by atoms with Gasteiger partial charge in [-0.15, -0.1) is 0 Å². The third kappa shape index (κ3) is 6.52. The second-order valence-corrected chi connectivity index (χ2v) is 16.7. The third-order valence-electron chi connectivity index (χ3n) is 13.4. The molecule has 0 unspecified atom stereocenters. The number of phenols is 1. The molecule has 0 radical (unpaired) electrons. The molecule has 10 heteroatoms. The van der Waals surface area contributed by atoms with E-state index in [1.54, 1.807) is 4.90 Å². The first-order valence-electron chi connectivity index (χ1n) is 20.5. The van der Waals surface area contributed by atoms with Crippen molar-refractivity contribution < 1.29 is 24.2 Å². The number of carbonyl (C=O) groups excluding carboxylic acids is 3. The number of aryl methyl sites for hydroxylation is 2. The molecule has 4 aromatic carbocycles. The van der Waals surface area contributed by atoms with Gasteiger partial charge in [-0.2, -0.15) is 0 Å². The van der Waals surface area contributed by atoms with Crippen LogP contribution in [0.2, 0.25) is 0 Å². The number of aromatic hydroxyl groups is 1. The van der Waals surface area contributed by atoms with Crippen LogP contribution in [-0.4, -0.2) is 84.5 Å². The lowest BCUT2D eigenvalue weighted by atomic mass is 9.78. The zero-order chi connectivity index (χ0) is 37.9. The van der Waals surface area contributed by atoms with Crippen LogP contribution >= 0.6 is 0 Å². The molecule has 0 aromatic heterocycles. The lowest BCUT2D eigenvalue weighted by molar-refractivity contribution is -0.136. The summed E-state index contributed by atoms with van der Waals surface area (Å²) in [7, 11) is 0. The molecular formula is C46H49N5O5. The Labute approximate surface area is 328 Å². The number of nitrogens with one attached hydrogen (secondary N) is 1. The molecule has 1 aliphatic carbocycles. The van der Waals surface area contributed by atoms with E-state index in [0.29, 0.717) is 31.1 Å². The standard InChI is InChI=1S/C46H49N5O5/c52-38-10-12-39-35(25-38)28-56-44(33-4-2-30-1-3-32(30)23-33)43(39)31-5-7-36(8-6-31)49-17-15-29(16-18-49)26-48-19-21-50(22-20-48)37-9-11-40-34(24-37)27-51(46(40)55)41-13-14-42(53)47-45(41)54/h2,4-12,23-25,29,41,43-44,52H,1,3,13-22,26-28H2,(H,47,53,54)/t41-,43-,44-/m0/s1. The number of ether oxygens (including phenoxy) is 1. The highest BCUT2D eigenvalue weighted by atomic mass is 16.5. The molecule has 5 aliphatic heterocycles. The fraction of sp³-hybridized carbons (Fsp3) is 0.413. The van der Waals surface area contributed by atoms with E-state index in [1.165, 1.54) is 52.8 Å². The van der Waals surface area contributed by atoms with Crippen molar-refractivity contribution in [2.75, 3.05) is 55.6 Å². The van der Waals surface area contributed by atoms with Crippen molar-refractivity contribution in [3.8, 4) is 5.75 Å². The summed E-state index contributed by atoms with van der Waals surface area (Å²) in [5, 5.41) is 12.6. The van der Waals surface area contributed by atoms with Gasteiger partial charge in [-0.25, -0.2) is 0 Å². The van der Waals surface area contributed by atoms with Gasteiger partial charge in [-0.05, 0) is 119 Å². The topological polar surface area (TPSA) is 106 Å². The molecule has 5 heterocycles. The fourth-order valence-corrected chi connectivity index (χ4v) is 10.1. The molecule has 0 saturated carbocycles. The Morgan fingerprint density at radius 3 is 2.18 bits per heavy atom. The maximum absolute atomic E-state index is 13.2. The maximum Gasteiger partial charge on any atom is 0.255 e. The predicted molar refractivity (Wildman–Crippen MR) is 214 cm³/mol. The summed E-state index contributed by atoms with van der Waals surface area (Å²) in [6.45, 7) is 8.06. The second-order valence-electron chi connectivity index (χ2n) is 16.7. The molecule has 10 nitrogen and oxygen atoms in total. The van der Waals surface area contributed by atoms with E-state index in [4.69, 9.17) is 4.74 Å². The number of rotatable bonds is 7. The zero-order valence-electron chi connectivity index (χ0n) is 31.8. The summed E-state index contributed by atoms with van der Waals surface area (Å²) >= 11 is 0. The van der Waals surface area contributed by atoms with Crippen LogP contribution in [0.4, 0.5) is 11.4 Å². The van der Waals surface area contributed by atoms with E-state index >= 15 is 0 Å². The number of amides is 3. The Bertz CT molecular complexity index is 2190. The van der Waals surface area contributed by atoms with Crippen molar-refractivity contribution in [1.82, 2.24) is 15.1 Å². The molecule has 3 saturated heterocycles. The van der Waals surface area contributed by atoms with Gasteiger partial charge in [0.05, 0.1) is 12.7 Å². The van der Waals surface area contributed by atoms with Crippen LogP contribution in [0.5, 0.6) is 5.75 Å². The quantitative estimate of drug-likeness (QED) is 0.232. The van der Waals surface area contributed by atoms with Crippen LogP contribution in [0.3, 0.4) is 0 Å². The number of nitrogens with zero attached hydrogens (tertiary/aromatic N) is 4. The maximum atomic E-state index is 13.2. The highest BCUT2D eigenvalue weighted by Crippen LogP contribution is 2.46. The fourth-order valence-electron chi connectivity index (χ4n) is 10.1. The Kier molecular flexibility index (Phi) is 9.06. The zero-order valence-corrected chi connectivity index (χ0v) is 31.8. The van der Waals surface area contributed by atoms with Crippen LogP contribution in [-0.2, 0) is 40.3 Å². The van der Waals surface area contributed by atoms with Crippen molar-refractivity contribution in [2.24, 2.45) is 5.92 Å². The SMILES string of the molecule is O=C1CC[C@H](N2Cc3cc(N4CCN(CC5CCN(c6ccc([C@H]7c8ccc(O)cc8CO[C@H]7c7ccc8c(c7)CC8)cc6)CC5)CC4)ccc3C2=O)C(=O)N1. The van der Waals surface area contributed by atoms with Gasteiger partial charge in [0.1, 0.15) is 11.8 Å². The minimum Gasteiger partial charge on any atom is -0.508 e. The van der Waals surface area contributed by atoms with E-state index < -0.39 is 6.04 Å². The molecule has 3 atom stereocenters. The van der Waals surface area contributed by atoms with Gasteiger partial charge in [0.2, 0.25) is 11.8 Å². The summed E-state index contributed by atoms with van der Waals surface area (Å²) in [6, 6.07) is 27.3. The summed E-state index contributed by atoms with van der Waals surface area (Å²) in [5.41, 5.74) is 11.7. The molecule has 56 heavy (non-hydrogen) atoms. The number of benzene rings is 4. The van der Waals surface area contributed by atoms with E-state index in [0.717, 1.165) is 69.0 Å². The average Bonchev–Trinajstić information content (AvgIpc) is 3.53. The molecule has 3 fully saturated rings. The van der Waals surface area contributed by atoms with E-state index in [1.807, 2.05) is 24.3 Å². The Morgan fingerprint density at radius 1 is 0.679 bits per heavy atom. The van der Waals surface area contributed by atoms with E-state index in [-0.39, 0.29) is 41.9 Å². The first kappa shape index (κ1) is 35.2. The van der Waals surface area contributed by atoms with E-state index in [9.17, 15) is 19.5 Å². The van der Waals surface area contributed by atoms with Crippen LogP contribution in [0.1, 0.15) is 87.0 Å². The lowest BCUT2D eigenvalue weighted by Crippen LogP contribution is -2.52. The number of hydrogen-bond acceptors (Lipinski definition) is 8. The summed E-state index contributed by atoms with van der Waals surface area (Å²) in [6.07, 6.45) is 5.24. The first-order chi connectivity index (χ1) is 27.3. The van der Waals surface area contributed by atoms with Crippen molar-refractivity contribution in [3.05, 3.63) is 123 Å². The van der Waals surface area contributed by atoms with Gasteiger partial charge in [0.25, 0.3) is 5.91 Å². The number of piperidine rings is 2. The van der Waals surface area contributed by atoms with Crippen LogP contribution in [0, 0.1) is 5.92 Å². The molecule has 2 N–H and O–H groups in total. The third-order valence-corrected chi connectivity index (χ3v) is 13.4. The monoisotopic (exact) mass is 751 g/mol.